The van der Waals surface area contributed by atoms with Gasteiger partial charge in [0.2, 0.25) is 35.4 Å². The third-order valence-corrected chi connectivity index (χ3v) is 13.7. The van der Waals surface area contributed by atoms with Crippen LogP contribution in [0, 0.1) is 17.3 Å². The Hall–Kier alpha value is -5.94. The number of primary amides is 1. The molecule has 1 saturated heterocycles. The monoisotopic (exact) mass is 962 g/mol. The van der Waals surface area contributed by atoms with Crippen LogP contribution in [0.5, 0.6) is 0 Å². The molecule has 13 N–H and O–H groups in total. The molecule has 0 radical (unpaired) electrons. The standard InChI is InChI=1S/C47H68BN9O12/c1-8-9-10-27-11-13-28(14-12-27)29-15-17-30(18-16-29)41(63)55-33(23-58)43(65)52-24(2)40(62)51-22-37(61)56-38(25(3)59)44(66)57-39(50)45(67)54-32(21-36(49)60)42(64)53-26(4)48-68-35-20-31-19-34(46(31,5)6)47(35,7)69-48/h11-18,24-26,31-35,38-39,58-59H,8-10,19-23,50H2,1-7H3,(H2,49,60)(H,51,62)(H,52,65)(H,53,64)(H,54,67)(H,55,63)(H,56,61)(H,57,66). The van der Waals surface area contributed by atoms with E-state index in [1.54, 1.807) is 31.2 Å². The molecule has 2 aromatic rings. The predicted molar refractivity (Wildman–Crippen MR) is 253 cm³/mol. The van der Waals surface area contributed by atoms with E-state index in [-0.39, 0.29) is 23.0 Å². The van der Waals surface area contributed by atoms with Crippen molar-refractivity contribution in [2.75, 3.05) is 13.2 Å². The van der Waals surface area contributed by atoms with Crippen molar-refractivity contribution >= 4 is 54.4 Å². The Kier molecular flexibility index (Phi) is 18.1. The van der Waals surface area contributed by atoms with Crippen molar-refractivity contribution in [2.45, 2.75) is 141 Å². The number of benzene rings is 2. The lowest BCUT2D eigenvalue weighted by Crippen LogP contribution is -2.65. The summed E-state index contributed by atoms with van der Waals surface area (Å²) in [5.74, 6) is -7.24. The van der Waals surface area contributed by atoms with Gasteiger partial charge in [-0.1, -0.05) is 63.6 Å². The third kappa shape index (κ3) is 13.2. The van der Waals surface area contributed by atoms with Gasteiger partial charge in [-0.2, -0.15) is 0 Å². The Balaban J connectivity index is 1.05. The molecule has 4 fully saturated rings. The Morgan fingerprint density at radius 1 is 0.783 bits per heavy atom. The van der Waals surface area contributed by atoms with E-state index < -0.39 is 122 Å². The first-order valence-corrected chi connectivity index (χ1v) is 23.4. The summed E-state index contributed by atoms with van der Waals surface area (Å²) in [7, 11) is -0.804. The molecule has 69 heavy (non-hydrogen) atoms. The van der Waals surface area contributed by atoms with Crippen molar-refractivity contribution < 1.29 is 57.9 Å². The molecular formula is C47H68BN9O12. The van der Waals surface area contributed by atoms with Crippen molar-refractivity contribution in [1.82, 2.24) is 37.2 Å². The van der Waals surface area contributed by atoms with Crippen LogP contribution in [0.4, 0.5) is 0 Å². The molecule has 2 bridgehead atoms. The van der Waals surface area contributed by atoms with Gasteiger partial charge in [0, 0.05) is 5.56 Å². The van der Waals surface area contributed by atoms with Crippen molar-refractivity contribution in [1.29, 1.82) is 0 Å². The second kappa shape index (κ2) is 23.1. The number of hydrogen-bond acceptors (Lipinski definition) is 13. The number of unbranched alkanes of at least 4 members (excludes halogenated alkanes) is 1. The first-order valence-electron chi connectivity index (χ1n) is 23.4. The second-order valence-electron chi connectivity index (χ2n) is 19.2. The molecule has 376 valence electrons. The molecule has 22 heteroatoms. The summed E-state index contributed by atoms with van der Waals surface area (Å²) in [4.78, 5) is 103. The minimum atomic E-state index is -1.85. The van der Waals surface area contributed by atoms with Crippen LogP contribution in [0.25, 0.3) is 11.1 Å². The number of aliphatic hydroxyl groups excluding tert-OH is 2. The summed E-state index contributed by atoms with van der Waals surface area (Å²) in [6.07, 6.45) is 0.862. The highest BCUT2D eigenvalue weighted by Gasteiger charge is 2.68. The van der Waals surface area contributed by atoms with Gasteiger partial charge >= 0.3 is 7.12 Å². The average Bonchev–Trinajstić information content (AvgIpc) is 3.68. The first kappa shape index (κ1) is 54.0. The van der Waals surface area contributed by atoms with E-state index in [2.05, 4.69) is 70.1 Å². The molecule has 1 aliphatic heterocycles. The van der Waals surface area contributed by atoms with Gasteiger partial charge in [0.25, 0.3) is 11.8 Å². The van der Waals surface area contributed by atoms with Gasteiger partial charge < -0.3 is 68.2 Å². The number of nitrogens with two attached hydrogens (primary N) is 2. The van der Waals surface area contributed by atoms with E-state index >= 15 is 0 Å². The maximum Gasteiger partial charge on any atom is 0.481 e. The Morgan fingerprint density at radius 2 is 1.41 bits per heavy atom. The highest BCUT2D eigenvalue weighted by atomic mass is 16.7. The van der Waals surface area contributed by atoms with Gasteiger partial charge in [-0.3, -0.25) is 38.4 Å². The quantitative estimate of drug-likeness (QED) is 0.0462. The van der Waals surface area contributed by atoms with Crippen LogP contribution in [0.1, 0.15) is 96.5 Å². The van der Waals surface area contributed by atoms with Crippen LogP contribution < -0.4 is 48.7 Å². The Labute approximate surface area is 402 Å². The molecule has 2 aromatic carbocycles. The van der Waals surface area contributed by atoms with E-state index in [4.69, 9.17) is 20.8 Å². The summed E-state index contributed by atoms with van der Waals surface area (Å²) < 4.78 is 12.6. The molecule has 3 aliphatic carbocycles. The molecule has 1 heterocycles. The van der Waals surface area contributed by atoms with Crippen molar-refractivity contribution in [3.8, 4) is 11.1 Å². The van der Waals surface area contributed by atoms with E-state index in [0.717, 1.165) is 50.2 Å². The summed E-state index contributed by atoms with van der Waals surface area (Å²) in [5.41, 5.74) is 14.2. The van der Waals surface area contributed by atoms with Crippen LogP contribution in [-0.4, -0.2) is 132 Å². The topological polar surface area (TPSA) is 332 Å². The van der Waals surface area contributed by atoms with Crippen LogP contribution in [-0.2, 0) is 49.3 Å². The van der Waals surface area contributed by atoms with Crippen molar-refractivity contribution in [3.63, 3.8) is 0 Å². The minimum absolute atomic E-state index is 0.0926. The zero-order valence-corrected chi connectivity index (χ0v) is 40.3. The summed E-state index contributed by atoms with van der Waals surface area (Å²) in [6, 6.07) is 8.94. The summed E-state index contributed by atoms with van der Waals surface area (Å²) in [6.45, 7) is 11.2. The average molecular weight is 962 g/mol. The molecule has 0 spiro atoms. The maximum absolute atomic E-state index is 13.4. The van der Waals surface area contributed by atoms with Crippen molar-refractivity contribution in [2.24, 2.45) is 28.7 Å². The molecule has 3 saturated carbocycles. The zero-order valence-electron chi connectivity index (χ0n) is 40.3. The fraction of sp³-hybridized carbons (Fsp3) is 0.574. The molecule has 8 amide bonds. The normalized spacial score (nSPS) is 22.9. The number of aliphatic hydroxyl groups is 2. The molecule has 11 atom stereocenters. The lowest BCUT2D eigenvalue weighted by molar-refractivity contribution is -0.199. The lowest BCUT2D eigenvalue weighted by Gasteiger charge is -2.64. The number of aryl methyl sites for hydroxylation is 1. The summed E-state index contributed by atoms with van der Waals surface area (Å²) >= 11 is 0. The molecule has 4 aliphatic rings. The van der Waals surface area contributed by atoms with Crippen LogP contribution >= 0.6 is 0 Å². The number of nitrogens with one attached hydrogen (secondary N) is 7. The predicted octanol–water partition coefficient (Wildman–Crippen LogP) is -1.19. The molecule has 6 rings (SSSR count). The van der Waals surface area contributed by atoms with Gasteiger partial charge in [0.1, 0.15) is 24.2 Å². The largest absolute Gasteiger partial charge is 0.481 e. The second-order valence-corrected chi connectivity index (χ2v) is 19.2. The zero-order chi connectivity index (χ0) is 51.0. The first-order chi connectivity index (χ1) is 32.5. The van der Waals surface area contributed by atoms with E-state index in [9.17, 15) is 48.6 Å². The Bertz CT molecular complexity index is 2210. The minimum Gasteiger partial charge on any atom is -0.404 e. The van der Waals surface area contributed by atoms with E-state index in [1.165, 1.54) is 12.5 Å². The number of amides is 8. The fourth-order valence-corrected chi connectivity index (χ4v) is 9.31. The van der Waals surface area contributed by atoms with Crippen molar-refractivity contribution in [3.05, 3.63) is 59.7 Å². The third-order valence-electron chi connectivity index (χ3n) is 13.7. The highest BCUT2D eigenvalue weighted by Crippen LogP contribution is 2.65. The van der Waals surface area contributed by atoms with Gasteiger partial charge in [-0.05, 0) is 99.5 Å². The Morgan fingerprint density at radius 3 is 1.99 bits per heavy atom. The molecule has 11 unspecified atom stereocenters. The van der Waals surface area contributed by atoms with Crippen LogP contribution in [0.3, 0.4) is 0 Å². The number of carbonyl (C=O) groups is 8. The van der Waals surface area contributed by atoms with Gasteiger partial charge in [-0.25, -0.2) is 0 Å². The van der Waals surface area contributed by atoms with Gasteiger partial charge in [0.15, 0.2) is 6.17 Å². The lowest BCUT2D eigenvalue weighted by atomic mass is 9.43. The van der Waals surface area contributed by atoms with E-state index in [1.807, 2.05) is 19.1 Å². The van der Waals surface area contributed by atoms with Gasteiger partial charge in [0.05, 0.1) is 43.3 Å². The number of hydrogen-bond donors (Lipinski definition) is 11. The summed E-state index contributed by atoms with van der Waals surface area (Å²) in [5, 5.41) is 36.7. The SMILES string of the molecule is CCCCc1ccc(-c2ccc(C(=O)NC(CO)C(=O)NC(C)C(=O)NCC(=O)NC(C(=O)NC(N)C(=O)NC(CC(N)=O)C(=O)NC(C)B3OC4CC5CC(C5(C)C)C4(C)O3)C(C)O)cc2)cc1. The van der Waals surface area contributed by atoms with Crippen LogP contribution in [0.2, 0.25) is 0 Å². The fourth-order valence-electron chi connectivity index (χ4n) is 9.31. The molecule has 21 nitrogen and oxygen atoms in total. The molecule has 0 aromatic heterocycles. The maximum atomic E-state index is 13.4. The number of rotatable bonds is 23. The highest BCUT2D eigenvalue weighted by molar-refractivity contribution is 6.47. The molecular weight excluding hydrogens is 893 g/mol. The smallest absolute Gasteiger partial charge is 0.404 e. The van der Waals surface area contributed by atoms with E-state index in [0.29, 0.717) is 5.92 Å². The number of carbonyl (C=O) groups excluding carboxylic acids is 8. The van der Waals surface area contributed by atoms with Crippen LogP contribution in [0.15, 0.2) is 48.5 Å². The van der Waals surface area contributed by atoms with Gasteiger partial charge in [-0.15, -0.1) is 0 Å².